The number of halogens is 1. The van der Waals surface area contributed by atoms with E-state index in [2.05, 4.69) is 35.6 Å². The molecule has 1 fully saturated rings. The van der Waals surface area contributed by atoms with Crippen LogP contribution in [-0.2, 0) is 0 Å². The van der Waals surface area contributed by atoms with Crippen molar-refractivity contribution in [1.82, 2.24) is 34.9 Å². The predicted octanol–water partition coefficient (Wildman–Crippen LogP) is -2.10. The molecule has 21 heavy (non-hydrogen) atoms. The average molecular weight is 397 g/mol. The molecule has 3 aromatic heterocycles. The Labute approximate surface area is 131 Å². The van der Waals surface area contributed by atoms with Crippen LogP contribution in [0.4, 0.5) is 5.82 Å². The summed E-state index contributed by atoms with van der Waals surface area (Å²) >= 11 is 0.224. The van der Waals surface area contributed by atoms with Crippen molar-refractivity contribution >= 4 is 17.0 Å². The van der Waals surface area contributed by atoms with Crippen molar-refractivity contribution in [2.45, 2.75) is 16.8 Å². The zero-order valence-electron chi connectivity index (χ0n) is 11.4. The number of imidazole rings is 1. The number of anilines is 1. The third kappa shape index (κ3) is 2.24. The second kappa shape index (κ2) is 5.20. The van der Waals surface area contributed by atoms with E-state index in [1.165, 1.54) is 17.3 Å². The summed E-state index contributed by atoms with van der Waals surface area (Å²) in [6.45, 7) is 0. The standard InChI is InChI=1S/C12H14IN8/c1-14-10-9-11(16-6-15-9)18-12(17-10)21-5-8(19-20-21)7-3-2-4-13-7/h5-7H,2-4H2,1H3,(H2,14,15,16,17,18)/q-1/t7-/m1/s1. The van der Waals surface area contributed by atoms with Crippen molar-refractivity contribution < 1.29 is 21.2 Å². The molecule has 0 unspecified atom stereocenters. The van der Waals surface area contributed by atoms with Gasteiger partial charge in [0, 0.05) is 0 Å². The molecule has 0 aromatic carbocycles. The fourth-order valence-electron chi connectivity index (χ4n) is 2.39. The van der Waals surface area contributed by atoms with E-state index >= 15 is 0 Å². The van der Waals surface area contributed by atoms with Gasteiger partial charge in [0.25, 0.3) is 0 Å². The molecule has 0 spiro atoms. The number of H-pyrrole nitrogens is 1. The van der Waals surface area contributed by atoms with Gasteiger partial charge in [0.15, 0.2) is 0 Å². The number of alkyl halides is 2. The van der Waals surface area contributed by atoms with E-state index in [-0.39, 0.29) is 21.2 Å². The number of hydrogen-bond donors (Lipinski definition) is 2. The van der Waals surface area contributed by atoms with Gasteiger partial charge in [-0.15, -0.1) is 0 Å². The van der Waals surface area contributed by atoms with E-state index in [0.29, 0.717) is 21.3 Å². The van der Waals surface area contributed by atoms with Crippen LogP contribution in [0.25, 0.3) is 17.1 Å². The van der Waals surface area contributed by atoms with Crippen LogP contribution >= 0.6 is 0 Å². The zero-order chi connectivity index (χ0) is 14.2. The summed E-state index contributed by atoms with van der Waals surface area (Å²) in [5, 5.41) is 11.6. The van der Waals surface area contributed by atoms with Gasteiger partial charge in [0.1, 0.15) is 0 Å². The van der Waals surface area contributed by atoms with Crippen molar-refractivity contribution in [2.75, 3.05) is 16.8 Å². The number of nitrogens with one attached hydrogen (secondary N) is 2. The maximum absolute atomic E-state index is 4.48. The number of fused-ring (bicyclic) bond motifs is 1. The average Bonchev–Trinajstić information content (AvgIpc) is 3.23. The molecule has 1 aliphatic heterocycles. The topological polar surface area (TPSA) is 97.2 Å². The van der Waals surface area contributed by atoms with Crippen molar-refractivity contribution in [3.05, 3.63) is 18.2 Å². The number of hydrogen-bond acceptors (Lipinski definition) is 6. The molecule has 3 aromatic rings. The monoisotopic (exact) mass is 397 g/mol. The first kappa shape index (κ1) is 12.9. The molecule has 0 radical (unpaired) electrons. The van der Waals surface area contributed by atoms with Gasteiger partial charge >= 0.3 is 131 Å². The van der Waals surface area contributed by atoms with Crippen LogP contribution < -0.4 is 26.5 Å². The van der Waals surface area contributed by atoms with Gasteiger partial charge < -0.3 is 0 Å². The van der Waals surface area contributed by atoms with Gasteiger partial charge in [0.2, 0.25) is 0 Å². The normalized spacial score (nSPS) is 18.8. The Morgan fingerprint density at radius 1 is 1.43 bits per heavy atom. The van der Waals surface area contributed by atoms with Crippen LogP contribution in [0.3, 0.4) is 0 Å². The third-order valence-corrected chi connectivity index (χ3v) is 7.14. The summed E-state index contributed by atoms with van der Waals surface area (Å²) in [6, 6.07) is 0. The molecule has 4 heterocycles. The number of aromatic nitrogens is 7. The molecule has 0 aliphatic carbocycles. The minimum atomic E-state index is 0.224. The molecule has 4 rings (SSSR count). The van der Waals surface area contributed by atoms with Crippen LogP contribution in [-0.4, -0.2) is 46.4 Å². The van der Waals surface area contributed by atoms with Gasteiger partial charge in [-0.25, -0.2) is 0 Å². The summed E-state index contributed by atoms with van der Waals surface area (Å²) in [5.74, 6) is 1.20. The Kier molecular flexibility index (Phi) is 3.20. The van der Waals surface area contributed by atoms with Crippen LogP contribution in [0, 0.1) is 0 Å². The predicted molar refractivity (Wildman–Crippen MR) is 73.0 cm³/mol. The van der Waals surface area contributed by atoms with E-state index in [0.717, 1.165) is 11.2 Å². The van der Waals surface area contributed by atoms with E-state index in [9.17, 15) is 0 Å². The third-order valence-electron chi connectivity index (χ3n) is 3.43. The van der Waals surface area contributed by atoms with Gasteiger partial charge in [-0.1, -0.05) is 0 Å². The molecule has 1 aliphatic rings. The van der Waals surface area contributed by atoms with Crippen molar-refractivity contribution in [3.8, 4) is 5.95 Å². The fraction of sp³-hybridized carbons (Fsp3) is 0.417. The molecule has 110 valence electrons. The minimum absolute atomic E-state index is 0.224. The van der Waals surface area contributed by atoms with Gasteiger partial charge in [-0.05, 0) is 0 Å². The van der Waals surface area contributed by atoms with Crippen LogP contribution in [0.5, 0.6) is 0 Å². The molecule has 2 N–H and O–H groups in total. The molecule has 8 nitrogen and oxygen atoms in total. The van der Waals surface area contributed by atoms with E-state index in [1.54, 1.807) is 11.0 Å². The molecule has 0 bridgehead atoms. The molecule has 1 atom stereocenters. The van der Waals surface area contributed by atoms with Crippen LogP contribution in [0.2, 0.25) is 0 Å². The van der Waals surface area contributed by atoms with Crippen molar-refractivity contribution in [3.63, 3.8) is 0 Å². The fourth-order valence-corrected chi connectivity index (χ4v) is 5.64. The Morgan fingerprint density at radius 2 is 2.38 bits per heavy atom. The first-order chi connectivity index (χ1) is 10.3. The number of aromatic amines is 1. The SMILES string of the molecule is CNc1nc(-n2cc([C@H]3CCC[I-]3)nn2)nc2nc[nH]c12. The zero-order valence-corrected chi connectivity index (χ0v) is 13.6. The molecular formula is C12H14IN8-. The van der Waals surface area contributed by atoms with Crippen LogP contribution in [0.1, 0.15) is 22.5 Å². The van der Waals surface area contributed by atoms with Crippen molar-refractivity contribution in [1.29, 1.82) is 0 Å². The first-order valence-corrected chi connectivity index (χ1v) is 9.51. The van der Waals surface area contributed by atoms with E-state index in [1.807, 2.05) is 13.2 Å². The molecular weight excluding hydrogens is 383 g/mol. The maximum atomic E-state index is 4.48. The summed E-state index contributed by atoms with van der Waals surface area (Å²) in [4.78, 5) is 16.1. The number of nitrogens with zero attached hydrogens (tertiary/aromatic N) is 6. The van der Waals surface area contributed by atoms with Gasteiger partial charge in [0.05, 0.1) is 0 Å². The molecule has 9 heteroatoms. The van der Waals surface area contributed by atoms with Crippen LogP contribution in [0.15, 0.2) is 12.5 Å². The van der Waals surface area contributed by atoms with E-state index < -0.39 is 0 Å². The van der Waals surface area contributed by atoms with Gasteiger partial charge in [-0.2, -0.15) is 0 Å². The summed E-state index contributed by atoms with van der Waals surface area (Å²) in [7, 11) is 1.82. The number of rotatable bonds is 3. The Hall–Kier alpha value is -1.78. The van der Waals surface area contributed by atoms with Gasteiger partial charge in [-0.3, -0.25) is 0 Å². The summed E-state index contributed by atoms with van der Waals surface area (Å²) < 4.78 is 3.66. The van der Waals surface area contributed by atoms with E-state index in [4.69, 9.17) is 0 Å². The summed E-state index contributed by atoms with van der Waals surface area (Å²) in [5.41, 5.74) is 2.50. The summed E-state index contributed by atoms with van der Waals surface area (Å²) in [6.07, 6.45) is 6.14. The quantitative estimate of drug-likeness (QED) is 0.388. The Bertz CT molecular complexity index is 773. The second-order valence-corrected chi connectivity index (χ2v) is 8.23. The molecule has 0 amide bonds. The molecule has 0 saturated carbocycles. The van der Waals surface area contributed by atoms with Crippen molar-refractivity contribution in [2.24, 2.45) is 0 Å². The Balaban J connectivity index is 1.75. The molecule has 1 saturated heterocycles. The Morgan fingerprint density at radius 3 is 3.19 bits per heavy atom. The first-order valence-electron chi connectivity index (χ1n) is 6.74. The second-order valence-electron chi connectivity index (χ2n) is 4.76.